The fourth-order valence-electron chi connectivity index (χ4n) is 3.09. The van der Waals surface area contributed by atoms with Crippen LogP contribution >= 0.6 is 0 Å². The number of aliphatic hydroxyl groups is 1. The van der Waals surface area contributed by atoms with Gasteiger partial charge in [0, 0.05) is 25.2 Å². The Kier molecular flexibility index (Phi) is 4.97. The van der Waals surface area contributed by atoms with Gasteiger partial charge in [-0.05, 0) is 42.5 Å². The van der Waals surface area contributed by atoms with Crippen molar-refractivity contribution in [2.45, 2.75) is 12.8 Å². The molecule has 134 valence electrons. The average molecular weight is 350 g/mol. The fourth-order valence-corrected chi connectivity index (χ4v) is 3.09. The summed E-state index contributed by atoms with van der Waals surface area (Å²) in [5.74, 6) is 1.59. The summed E-state index contributed by atoms with van der Waals surface area (Å²) in [6.07, 6.45) is 0.0559. The second-order valence-corrected chi connectivity index (χ2v) is 6.24. The molecule has 1 atom stereocenters. The monoisotopic (exact) mass is 350 g/mol. The molecule has 0 spiro atoms. The minimum absolute atomic E-state index is 0.0413. The molecule has 2 aromatic carbocycles. The molecule has 6 nitrogen and oxygen atoms in total. The fraction of sp³-hybridized carbons (Fsp3) is 0.250. The van der Waals surface area contributed by atoms with E-state index in [4.69, 9.17) is 9.84 Å². The Morgan fingerprint density at radius 1 is 1.04 bits per heavy atom. The van der Waals surface area contributed by atoms with Crippen LogP contribution < -0.4 is 15.4 Å². The lowest BCUT2D eigenvalue weighted by Gasteiger charge is -2.26. The molecule has 26 heavy (non-hydrogen) atoms. The molecule has 6 heteroatoms. The van der Waals surface area contributed by atoms with Crippen LogP contribution in [0.25, 0.3) is 11.3 Å². The maximum atomic E-state index is 9.69. The summed E-state index contributed by atoms with van der Waals surface area (Å²) in [6, 6.07) is 19.5. The maximum absolute atomic E-state index is 9.69. The van der Waals surface area contributed by atoms with Crippen molar-refractivity contribution in [1.29, 1.82) is 0 Å². The van der Waals surface area contributed by atoms with Gasteiger partial charge >= 0.3 is 0 Å². The van der Waals surface area contributed by atoms with Gasteiger partial charge in [-0.2, -0.15) is 5.10 Å². The molecule has 1 aliphatic heterocycles. The number of aliphatic hydroxyl groups excluding tert-OH is 1. The van der Waals surface area contributed by atoms with Gasteiger partial charge in [0.05, 0.1) is 18.0 Å². The van der Waals surface area contributed by atoms with Crippen LogP contribution in [-0.2, 0) is 6.61 Å². The van der Waals surface area contributed by atoms with Crippen molar-refractivity contribution in [3.05, 3.63) is 66.4 Å². The summed E-state index contributed by atoms with van der Waals surface area (Å²) in [7, 11) is 0. The quantitative estimate of drug-likeness (QED) is 0.660. The normalized spacial score (nSPS) is 17.2. The van der Waals surface area contributed by atoms with Crippen LogP contribution in [0, 0.1) is 0 Å². The molecular formula is C20H22N4O2. The first-order chi connectivity index (χ1) is 12.8. The molecule has 2 heterocycles. The van der Waals surface area contributed by atoms with E-state index < -0.39 is 0 Å². The van der Waals surface area contributed by atoms with Gasteiger partial charge in [-0.1, -0.05) is 18.2 Å². The highest BCUT2D eigenvalue weighted by molar-refractivity contribution is 5.60. The van der Waals surface area contributed by atoms with Gasteiger partial charge in [0.25, 0.3) is 0 Å². The minimum atomic E-state index is -0.0413. The second-order valence-electron chi connectivity index (χ2n) is 6.24. The number of piperazine rings is 1. The number of aromatic nitrogens is 2. The Labute approximate surface area is 152 Å². The Balaban J connectivity index is 1.54. The SMILES string of the molecule is OCc1cc(-c2ccc(Oc3ccccc3)cc2)nn1C1CNCCN1. The molecule has 0 aliphatic carbocycles. The van der Waals surface area contributed by atoms with Crippen molar-refractivity contribution in [1.82, 2.24) is 20.4 Å². The zero-order chi connectivity index (χ0) is 17.8. The largest absolute Gasteiger partial charge is 0.457 e. The molecule has 0 radical (unpaired) electrons. The Morgan fingerprint density at radius 2 is 1.81 bits per heavy atom. The van der Waals surface area contributed by atoms with E-state index >= 15 is 0 Å². The van der Waals surface area contributed by atoms with Crippen LogP contribution in [0.1, 0.15) is 11.9 Å². The van der Waals surface area contributed by atoms with E-state index in [2.05, 4.69) is 10.6 Å². The van der Waals surface area contributed by atoms with Gasteiger partial charge < -0.3 is 15.2 Å². The molecule has 3 aromatic rings. The third kappa shape index (κ3) is 3.62. The number of hydrogen-bond donors (Lipinski definition) is 3. The highest BCUT2D eigenvalue weighted by Crippen LogP contribution is 2.26. The van der Waals surface area contributed by atoms with Gasteiger partial charge in [-0.3, -0.25) is 5.32 Å². The summed E-state index contributed by atoms with van der Waals surface area (Å²) in [6.45, 7) is 2.58. The first-order valence-electron chi connectivity index (χ1n) is 8.80. The summed E-state index contributed by atoms with van der Waals surface area (Å²) in [5.41, 5.74) is 2.63. The van der Waals surface area contributed by atoms with Crippen LogP contribution in [-0.4, -0.2) is 34.5 Å². The smallest absolute Gasteiger partial charge is 0.127 e. The molecule has 0 bridgehead atoms. The maximum Gasteiger partial charge on any atom is 0.127 e. The van der Waals surface area contributed by atoms with Crippen LogP contribution in [0.5, 0.6) is 11.5 Å². The van der Waals surface area contributed by atoms with E-state index in [-0.39, 0.29) is 12.8 Å². The average Bonchev–Trinajstić information content (AvgIpc) is 3.14. The molecule has 4 rings (SSSR count). The zero-order valence-corrected chi connectivity index (χ0v) is 14.4. The van der Waals surface area contributed by atoms with E-state index in [0.717, 1.165) is 48.1 Å². The standard InChI is InChI=1S/C20H22N4O2/c25-14-16-12-19(23-24(16)20-13-21-10-11-22-20)15-6-8-18(9-7-15)26-17-4-2-1-3-5-17/h1-9,12,20-22,25H,10-11,13-14H2. The van der Waals surface area contributed by atoms with E-state index in [0.29, 0.717) is 0 Å². The molecule has 1 unspecified atom stereocenters. The number of nitrogens with zero attached hydrogens (tertiary/aromatic N) is 2. The highest BCUT2D eigenvalue weighted by atomic mass is 16.5. The number of rotatable bonds is 5. The number of para-hydroxylation sites is 1. The van der Waals surface area contributed by atoms with Crippen molar-refractivity contribution in [3.63, 3.8) is 0 Å². The van der Waals surface area contributed by atoms with Crippen LogP contribution in [0.2, 0.25) is 0 Å². The Morgan fingerprint density at radius 3 is 2.50 bits per heavy atom. The van der Waals surface area contributed by atoms with Crippen LogP contribution in [0.3, 0.4) is 0 Å². The summed E-state index contributed by atoms with van der Waals surface area (Å²) in [5, 5.41) is 21.2. The number of ether oxygens (including phenoxy) is 1. The van der Waals surface area contributed by atoms with Gasteiger partial charge in [0.1, 0.15) is 17.7 Å². The molecule has 1 saturated heterocycles. The van der Waals surface area contributed by atoms with Crippen molar-refractivity contribution < 1.29 is 9.84 Å². The lowest BCUT2D eigenvalue weighted by molar-refractivity contribution is 0.244. The van der Waals surface area contributed by atoms with Crippen LogP contribution in [0.4, 0.5) is 0 Å². The van der Waals surface area contributed by atoms with Crippen molar-refractivity contribution in [2.75, 3.05) is 19.6 Å². The van der Waals surface area contributed by atoms with Crippen molar-refractivity contribution in [3.8, 4) is 22.8 Å². The number of benzene rings is 2. The predicted octanol–water partition coefficient (Wildman–Crippen LogP) is 2.53. The Bertz CT molecular complexity index is 840. The first kappa shape index (κ1) is 16.8. The first-order valence-corrected chi connectivity index (χ1v) is 8.80. The van der Waals surface area contributed by atoms with Gasteiger partial charge in [-0.15, -0.1) is 0 Å². The summed E-state index contributed by atoms with van der Waals surface area (Å²) in [4.78, 5) is 0. The van der Waals surface area contributed by atoms with E-state index in [1.807, 2.05) is 65.3 Å². The van der Waals surface area contributed by atoms with Crippen LogP contribution in [0.15, 0.2) is 60.7 Å². The number of nitrogens with one attached hydrogen (secondary N) is 2. The molecule has 3 N–H and O–H groups in total. The third-order valence-corrected chi connectivity index (χ3v) is 4.42. The zero-order valence-electron chi connectivity index (χ0n) is 14.4. The molecule has 1 fully saturated rings. The van der Waals surface area contributed by atoms with E-state index in [9.17, 15) is 5.11 Å². The van der Waals surface area contributed by atoms with Gasteiger partial charge in [0.2, 0.25) is 0 Å². The lowest BCUT2D eigenvalue weighted by atomic mass is 10.1. The van der Waals surface area contributed by atoms with E-state index in [1.54, 1.807) is 0 Å². The molecular weight excluding hydrogens is 328 g/mol. The molecule has 1 aromatic heterocycles. The third-order valence-electron chi connectivity index (χ3n) is 4.42. The lowest BCUT2D eigenvalue weighted by Crippen LogP contribution is -2.46. The highest BCUT2D eigenvalue weighted by Gasteiger charge is 2.19. The summed E-state index contributed by atoms with van der Waals surface area (Å²) < 4.78 is 7.70. The minimum Gasteiger partial charge on any atom is -0.457 e. The molecule has 1 aliphatic rings. The molecule has 0 saturated carbocycles. The second kappa shape index (κ2) is 7.70. The molecule has 0 amide bonds. The predicted molar refractivity (Wildman–Crippen MR) is 100 cm³/mol. The van der Waals surface area contributed by atoms with Crippen molar-refractivity contribution >= 4 is 0 Å². The topological polar surface area (TPSA) is 71.3 Å². The van der Waals surface area contributed by atoms with E-state index in [1.165, 1.54) is 0 Å². The van der Waals surface area contributed by atoms with Gasteiger partial charge in [0.15, 0.2) is 0 Å². The summed E-state index contributed by atoms with van der Waals surface area (Å²) >= 11 is 0. The van der Waals surface area contributed by atoms with Gasteiger partial charge in [-0.25, -0.2) is 4.68 Å². The number of hydrogen-bond acceptors (Lipinski definition) is 5. The Hall–Kier alpha value is -2.67. The van der Waals surface area contributed by atoms with Crippen molar-refractivity contribution in [2.24, 2.45) is 0 Å².